The van der Waals surface area contributed by atoms with Crippen molar-refractivity contribution in [3.05, 3.63) is 64.7 Å². The lowest BCUT2D eigenvalue weighted by atomic mass is 10.1. The summed E-state index contributed by atoms with van der Waals surface area (Å²) >= 11 is 5.94. The van der Waals surface area contributed by atoms with Crippen LogP contribution in [0.15, 0.2) is 53.4 Å². The molecule has 0 fully saturated rings. The molecule has 1 N–H and O–H groups in total. The lowest BCUT2D eigenvalue weighted by Crippen LogP contribution is -2.31. The van der Waals surface area contributed by atoms with E-state index in [1.54, 1.807) is 32.0 Å². The van der Waals surface area contributed by atoms with E-state index in [0.29, 0.717) is 36.6 Å². The van der Waals surface area contributed by atoms with E-state index in [4.69, 9.17) is 11.6 Å². The highest BCUT2D eigenvalue weighted by Crippen LogP contribution is 2.17. The highest BCUT2D eigenvalue weighted by molar-refractivity contribution is 7.89. The van der Waals surface area contributed by atoms with E-state index in [1.807, 2.05) is 18.2 Å². The van der Waals surface area contributed by atoms with Crippen LogP contribution in [0.25, 0.3) is 0 Å². The van der Waals surface area contributed by atoms with Crippen LogP contribution in [0.4, 0.5) is 0 Å². The van der Waals surface area contributed by atoms with Crippen molar-refractivity contribution < 1.29 is 13.2 Å². The van der Waals surface area contributed by atoms with E-state index in [0.717, 1.165) is 5.56 Å². The van der Waals surface area contributed by atoms with Crippen LogP contribution < -0.4 is 5.32 Å². The Bertz CT molecular complexity index is 865. The zero-order chi connectivity index (χ0) is 19.2. The fourth-order valence-corrected chi connectivity index (χ4v) is 4.34. The monoisotopic (exact) mass is 394 g/mol. The number of benzene rings is 2. The molecule has 0 aliphatic rings. The summed E-state index contributed by atoms with van der Waals surface area (Å²) in [6.45, 7) is 4.77. The van der Waals surface area contributed by atoms with Crippen molar-refractivity contribution in [1.29, 1.82) is 0 Å². The van der Waals surface area contributed by atoms with Crippen molar-refractivity contribution in [3.63, 3.8) is 0 Å². The molecule has 0 saturated heterocycles. The van der Waals surface area contributed by atoms with E-state index in [1.165, 1.54) is 16.4 Å². The molecule has 0 aliphatic carbocycles. The van der Waals surface area contributed by atoms with Crippen LogP contribution >= 0.6 is 11.6 Å². The zero-order valence-corrected chi connectivity index (χ0v) is 16.5. The maximum absolute atomic E-state index is 12.6. The fourth-order valence-electron chi connectivity index (χ4n) is 2.63. The molecule has 26 heavy (non-hydrogen) atoms. The number of rotatable bonds is 8. The van der Waals surface area contributed by atoms with Gasteiger partial charge in [-0.3, -0.25) is 4.79 Å². The lowest BCUT2D eigenvalue weighted by molar-refractivity contribution is 0.0954. The molecule has 2 rings (SSSR count). The second kappa shape index (κ2) is 9.16. The summed E-state index contributed by atoms with van der Waals surface area (Å²) in [5, 5.41) is 3.47. The summed E-state index contributed by atoms with van der Waals surface area (Å²) in [7, 11) is -3.59. The van der Waals surface area contributed by atoms with Crippen molar-refractivity contribution >= 4 is 27.5 Å². The smallest absolute Gasteiger partial charge is 0.251 e. The molecular formula is C19H23ClN2O3S. The number of hydrogen-bond donors (Lipinski definition) is 1. The van der Waals surface area contributed by atoms with Crippen molar-refractivity contribution in [2.75, 3.05) is 19.6 Å². The van der Waals surface area contributed by atoms with E-state index >= 15 is 0 Å². The van der Waals surface area contributed by atoms with Gasteiger partial charge in [0.1, 0.15) is 0 Å². The van der Waals surface area contributed by atoms with Crippen LogP contribution in [0.1, 0.15) is 29.8 Å². The summed E-state index contributed by atoms with van der Waals surface area (Å²) in [5.74, 6) is -0.302. The molecule has 0 saturated carbocycles. The second-order valence-electron chi connectivity index (χ2n) is 5.75. The highest BCUT2D eigenvalue weighted by Gasteiger charge is 2.22. The number of halogens is 1. The fraction of sp³-hybridized carbons (Fsp3) is 0.316. The van der Waals surface area contributed by atoms with E-state index < -0.39 is 10.0 Å². The first kappa shape index (κ1) is 20.4. The van der Waals surface area contributed by atoms with Gasteiger partial charge in [-0.15, -0.1) is 0 Å². The first-order valence-electron chi connectivity index (χ1n) is 8.51. The number of nitrogens with zero attached hydrogens (tertiary/aromatic N) is 1. The summed E-state index contributed by atoms with van der Waals surface area (Å²) in [5.41, 5.74) is 1.35. The molecule has 0 atom stereocenters. The Kier molecular flexibility index (Phi) is 7.20. The predicted molar refractivity (Wildman–Crippen MR) is 104 cm³/mol. The normalized spacial score (nSPS) is 11.5. The predicted octanol–water partition coefficient (Wildman–Crippen LogP) is 3.34. The minimum atomic E-state index is -3.59. The topological polar surface area (TPSA) is 66.5 Å². The highest BCUT2D eigenvalue weighted by atomic mass is 35.5. The molecule has 140 valence electrons. The Morgan fingerprint density at radius 1 is 1.08 bits per heavy atom. The molecule has 7 heteroatoms. The maximum atomic E-state index is 12.6. The Morgan fingerprint density at radius 2 is 1.77 bits per heavy atom. The largest absolute Gasteiger partial charge is 0.352 e. The number of sulfonamides is 1. The Morgan fingerprint density at radius 3 is 2.42 bits per heavy atom. The van der Waals surface area contributed by atoms with E-state index in [2.05, 4.69) is 5.32 Å². The molecule has 0 radical (unpaired) electrons. The van der Waals surface area contributed by atoms with Crippen molar-refractivity contribution in [2.45, 2.75) is 25.2 Å². The summed E-state index contributed by atoms with van der Waals surface area (Å²) in [6, 6.07) is 13.6. The second-order valence-corrected chi connectivity index (χ2v) is 8.13. The average Bonchev–Trinajstić information content (AvgIpc) is 2.62. The molecule has 0 heterocycles. The van der Waals surface area contributed by atoms with Crippen LogP contribution in [0.3, 0.4) is 0 Å². The van der Waals surface area contributed by atoms with Crippen molar-refractivity contribution in [1.82, 2.24) is 9.62 Å². The van der Waals surface area contributed by atoms with Gasteiger partial charge in [0.15, 0.2) is 0 Å². The molecule has 2 aromatic rings. The molecule has 5 nitrogen and oxygen atoms in total. The number of carbonyl (C=O) groups is 1. The Balaban J connectivity index is 2.06. The van der Waals surface area contributed by atoms with Crippen LogP contribution in [-0.4, -0.2) is 38.3 Å². The number of nitrogens with one attached hydrogen (secondary N) is 1. The van der Waals surface area contributed by atoms with Crippen molar-refractivity contribution in [3.8, 4) is 0 Å². The third-order valence-corrected chi connectivity index (χ3v) is 6.31. The average molecular weight is 395 g/mol. The van der Waals surface area contributed by atoms with Gasteiger partial charge in [0.25, 0.3) is 5.91 Å². The van der Waals surface area contributed by atoms with Gasteiger partial charge in [0.2, 0.25) is 10.0 Å². The first-order valence-corrected chi connectivity index (χ1v) is 10.3. The molecule has 0 aromatic heterocycles. The number of hydrogen-bond acceptors (Lipinski definition) is 3. The molecule has 0 spiro atoms. The standard InChI is InChI=1S/C19H23ClN2O3S/c1-3-22(4-2)26(24,25)18-10-6-8-16(14-18)19(23)21-12-11-15-7-5-9-17(20)13-15/h5-10,13-14H,3-4,11-12H2,1-2H3,(H,21,23). The van der Waals surface area contributed by atoms with Crippen LogP contribution in [0, 0.1) is 0 Å². The van der Waals surface area contributed by atoms with Gasteiger partial charge in [0, 0.05) is 30.2 Å². The van der Waals surface area contributed by atoms with Gasteiger partial charge in [0.05, 0.1) is 4.90 Å². The van der Waals surface area contributed by atoms with Gasteiger partial charge in [-0.05, 0) is 42.3 Å². The van der Waals surface area contributed by atoms with Gasteiger partial charge in [-0.25, -0.2) is 8.42 Å². The minimum absolute atomic E-state index is 0.128. The molecule has 1 amide bonds. The summed E-state index contributed by atoms with van der Waals surface area (Å²) < 4.78 is 26.5. The Labute approximate surface area is 160 Å². The molecule has 0 bridgehead atoms. The molecular weight excluding hydrogens is 372 g/mol. The third kappa shape index (κ3) is 5.06. The van der Waals surface area contributed by atoms with Crippen molar-refractivity contribution in [2.24, 2.45) is 0 Å². The molecule has 2 aromatic carbocycles. The number of amides is 1. The Hall–Kier alpha value is -1.89. The van der Waals surface area contributed by atoms with Gasteiger partial charge in [-0.2, -0.15) is 4.31 Å². The minimum Gasteiger partial charge on any atom is -0.352 e. The third-order valence-electron chi connectivity index (χ3n) is 4.03. The van der Waals surface area contributed by atoms with Gasteiger partial charge < -0.3 is 5.32 Å². The quantitative estimate of drug-likeness (QED) is 0.746. The maximum Gasteiger partial charge on any atom is 0.251 e. The lowest BCUT2D eigenvalue weighted by Gasteiger charge is -2.18. The van der Waals surface area contributed by atoms with Crippen LogP contribution in [0.2, 0.25) is 5.02 Å². The summed E-state index contributed by atoms with van der Waals surface area (Å²) in [6.07, 6.45) is 0.643. The van der Waals surface area contributed by atoms with Gasteiger partial charge in [-0.1, -0.05) is 43.6 Å². The van der Waals surface area contributed by atoms with Crippen LogP contribution in [-0.2, 0) is 16.4 Å². The van der Waals surface area contributed by atoms with E-state index in [-0.39, 0.29) is 10.8 Å². The SMILES string of the molecule is CCN(CC)S(=O)(=O)c1cccc(C(=O)NCCc2cccc(Cl)c2)c1. The first-order chi connectivity index (χ1) is 12.4. The molecule has 0 unspecified atom stereocenters. The summed E-state index contributed by atoms with van der Waals surface area (Å²) in [4.78, 5) is 12.5. The zero-order valence-electron chi connectivity index (χ0n) is 14.9. The van der Waals surface area contributed by atoms with Gasteiger partial charge >= 0.3 is 0 Å². The van der Waals surface area contributed by atoms with E-state index in [9.17, 15) is 13.2 Å². The number of carbonyl (C=O) groups excluding carboxylic acids is 1. The molecule has 0 aliphatic heterocycles. The van der Waals surface area contributed by atoms with Crippen LogP contribution in [0.5, 0.6) is 0 Å².